The lowest BCUT2D eigenvalue weighted by Crippen LogP contribution is -2.30. The largest absolute Gasteiger partial charge is 0.497 e. The molecule has 8 nitrogen and oxygen atoms in total. The molecule has 3 rings (SSSR count). The number of carbonyl (C=O) groups is 1. The lowest BCUT2D eigenvalue weighted by Gasteiger charge is -2.15. The summed E-state index contributed by atoms with van der Waals surface area (Å²) >= 11 is 6.28. The highest BCUT2D eigenvalue weighted by Crippen LogP contribution is 2.34. The molecule has 0 saturated carbocycles. The summed E-state index contributed by atoms with van der Waals surface area (Å²) in [7, 11) is -2.92. The first kappa shape index (κ1) is 19.4. The van der Waals surface area contributed by atoms with Crippen molar-refractivity contribution < 1.29 is 22.5 Å². The molecule has 1 aliphatic rings. The maximum absolute atomic E-state index is 12.6. The number of hydrogen-bond acceptors (Lipinski definition) is 8. The minimum atomic E-state index is -4.46. The van der Waals surface area contributed by atoms with E-state index in [1.165, 1.54) is 30.2 Å². The second-order valence-corrected chi connectivity index (χ2v) is 8.37. The van der Waals surface area contributed by atoms with Crippen molar-refractivity contribution in [2.24, 2.45) is 10.2 Å². The van der Waals surface area contributed by atoms with Gasteiger partial charge in [-0.05, 0) is 36.4 Å². The van der Waals surface area contributed by atoms with Crippen molar-refractivity contribution in [1.29, 1.82) is 0 Å². The highest BCUT2D eigenvalue weighted by atomic mass is 32.2. The average molecular weight is 423 g/mol. The standard InChI is InChI=1S/C16H13N3O5S3/c1-24-11-8-6-10(7-9-11)19-15(20)14(26-16(19)25)18-17-12-4-2-3-5-13(12)27(21,22)23/h2-9,14H,1H3,(H,21,22,23). The van der Waals surface area contributed by atoms with Crippen molar-refractivity contribution in [3.63, 3.8) is 0 Å². The van der Waals surface area contributed by atoms with Gasteiger partial charge in [0.15, 0.2) is 0 Å². The van der Waals surface area contributed by atoms with Gasteiger partial charge in [-0.25, -0.2) is 0 Å². The van der Waals surface area contributed by atoms with Gasteiger partial charge >= 0.3 is 0 Å². The van der Waals surface area contributed by atoms with E-state index in [1.807, 2.05) is 0 Å². The lowest BCUT2D eigenvalue weighted by atomic mass is 10.3. The van der Waals surface area contributed by atoms with Crippen molar-refractivity contribution in [1.82, 2.24) is 0 Å². The molecule has 1 aliphatic heterocycles. The van der Waals surface area contributed by atoms with Gasteiger partial charge in [0.05, 0.1) is 12.8 Å². The molecule has 1 amide bonds. The number of thiocarbonyl (C=S) groups is 1. The van der Waals surface area contributed by atoms with E-state index in [4.69, 9.17) is 17.0 Å². The van der Waals surface area contributed by atoms with Crippen LogP contribution in [0.25, 0.3) is 0 Å². The number of rotatable bonds is 5. The van der Waals surface area contributed by atoms with Gasteiger partial charge in [-0.3, -0.25) is 14.2 Å². The molecule has 0 spiro atoms. The van der Waals surface area contributed by atoms with E-state index in [0.29, 0.717) is 15.8 Å². The van der Waals surface area contributed by atoms with Crippen LogP contribution in [-0.4, -0.2) is 35.7 Å². The second kappa shape index (κ2) is 7.72. The number of azo groups is 1. The van der Waals surface area contributed by atoms with Crippen LogP contribution in [0.3, 0.4) is 0 Å². The van der Waals surface area contributed by atoms with Crippen molar-refractivity contribution in [2.45, 2.75) is 10.3 Å². The fraction of sp³-hybridized carbons (Fsp3) is 0.125. The summed E-state index contributed by atoms with van der Waals surface area (Å²) in [5.74, 6) is 0.241. The van der Waals surface area contributed by atoms with Gasteiger partial charge in [0.1, 0.15) is 20.7 Å². The zero-order valence-electron chi connectivity index (χ0n) is 13.8. The maximum Gasteiger partial charge on any atom is 0.296 e. The second-order valence-electron chi connectivity index (χ2n) is 5.27. The number of nitrogens with zero attached hydrogens (tertiary/aromatic N) is 3. The third-order valence-electron chi connectivity index (χ3n) is 3.57. The topological polar surface area (TPSA) is 109 Å². The van der Waals surface area contributed by atoms with Crippen LogP contribution in [0.5, 0.6) is 5.75 Å². The summed E-state index contributed by atoms with van der Waals surface area (Å²) in [6.45, 7) is 0. The maximum atomic E-state index is 12.6. The summed E-state index contributed by atoms with van der Waals surface area (Å²) in [5.41, 5.74) is 0.497. The van der Waals surface area contributed by atoms with Crippen LogP contribution in [0, 0.1) is 0 Å². The lowest BCUT2D eigenvalue weighted by molar-refractivity contribution is -0.116. The molecule has 0 aliphatic carbocycles. The van der Waals surface area contributed by atoms with Gasteiger partial charge < -0.3 is 4.74 Å². The van der Waals surface area contributed by atoms with Crippen molar-refractivity contribution in [3.05, 3.63) is 48.5 Å². The monoisotopic (exact) mass is 423 g/mol. The molecule has 0 bridgehead atoms. The molecule has 2 aromatic carbocycles. The Morgan fingerprint density at radius 3 is 2.48 bits per heavy atom. The van der Waals surface area contributed by atoms with Crippen molar-refractivity contribution in [3.8, 4) is 5.75 Å². The van der Waals surface area contributed by atoms with Crippen LogP contribution in [-0.2, 0) is 14.9 Å². The minimum Gasteiger partial charge on any atom is -0.497 e. The van der Waals surface area contributed by atoms with Gasteiger partial charge in [0, 0.05) is 0 Å². The minimum absolute atomic E-state index is 0.0674. The summed E-state index contributed by atoms with van der Waals surface area (Å²) < 4.78 is 37.4. The van der Waals surface area contributed by atoms with Crippen molar-refractivity contribution in [2.75, 3.05) is 12.0 Å². The molecule has 2 aromatic rings. The first-order chi connectivity index (χ1) is 12.8. The number of hydrogen-bond donors (Lipinski definition) is 1. The van der Waals surface area contributed by atoms with Gasteiger partial charge in [0.2, 0.25) is 5.37 Å². The van der Waals surface area contributed by atoms with E-state index in [0.717, 1.165) is 11.8 Å². The molecule has 1 saturated heterocycles. The van der Waals surface area contributed by atoms with Crippen LogP contribution in [0.4, 0.5) is 11.4 Å². The Balaban J connectivity index is 1.85. The highest BCUT2D eigenvalue weighted by Gasteiger charge is 2.38. The molecule has 27 heavy (non-hydrogen) atoms. The number of benzene rings is 2. The Kier molecular flexibility index (Phi) is 5.56. The number of methoxy groups -OCH3 is 1. The molecule has 1 atom stereocenters. The zero-order chi connectivity index (χ0) is 19.6. The number of thioether (sulfide) groups is 1. The van der Waals surface area contributed by atoms with Crippen LogP contribution >= 0.6 is 24.0 Å². The molecule has 11 heteroatoms. The van der Waals surface area contributed by atoms with E-state index >= 15 is 0 Å². The van der Waals surface area contributed by atoms with Gasteiger partial charge in [0.25, 0.3) is 16.0 Å². The number of anilines is 1. The fourth-order valence-corrected chi connectivity index (χ4v) is 4.19. The molecule has 1 unspecified atom stereocenters. The van der Waals surface area contributed by atoms with Gasteiger partial charge in [-0.2, -0.15) is 18.6 Å². The van der Waals surface area contributed by atoms with Crippen LogP contribution in [0.2, 0.25) is 0 Å². The molecule has 1 N–H and O–H groups in total. The van der Waals surface area contributed by atoms with Crippen LogP contribution in [0.1, 0.15) is 0 Å². The predicted octanol–water partition coefficient (Wildman–Crippen LogP) is 3.42. The van der Waals surface area contributed by atoms with Crippen LogP contribution in [0.15, 0.2) is 63.7 Å². The fourth-order valence-electron chi connectivity index (χ4n) is 2.31. The Morgan fingerprint density at radius 2 is 1.85 bits per heavy atom. The first-order valence-corrected chi connectivity index (χ1v) is 10.2. The third kappa shape index (κ3) is 4.16. The average Bonchev–Trinajstić information content (AvgIpc) is 2.93. The summed E-state index contributed by atoms with van der Waals surface area (Å²) in [4.78, 5) is 13.6. The number of ether oxygens (including phenoxy) is 1. The number of carbonyl (C=O) groups excluding carboxylic acids is 1. The van der Waals surface area contributed by atoms with Gasteiger partial charge in [-0.1, -0.05) is 36.1 Å². The molecule has 1 heterocycles. The Labute approximate surface area is 165 Å². The first-order valence-electron chi connectivity index (χ1n) is 7.47. The Morgan fingerprint density at radius 1 is 1.19 bits per heavy atom. The van der Waals surface area contributed by atoms with E-state index < -0.39 is 26.3 Å². The Hall–Kier alpha value is -2.34. The molecule has 0 radical (unpaired) electrons. The third-order valence-corrected chi connectivity index (χ3v) is 5.85. The molecule has 1 fully saturated rings. The van der Waals surface area contributed by atoms with Crippen LogP contribution < -0.4 is 9.64 Å². The quantitative estimate of drug-likeness (QED) is 0.446. The zero-order valence-corrected chi connectivity index (χ0v) is 16.3. The normalized spacial score (nSPS) is 17.7. The molecule has 140 valence electrons. The predicted molar refractivity (Wildman–Crippen MR) is 105 cm³/mol. The number of amides is 1. The van der Waals surface area contributed by atoms with Crippen molar-refractivity contribution >= 4 is 55.7 Å². The van der Waals surface area contributed by atoms with E-state index in [-0.39, 0.29) is 5.69 Å². The molecule has 0 aromatic heterocycles. The van der Waals surface area contributed by atoms with E-state index in [9.17, 15) is 17.8 Å². The smallest absolute Gasteiger partial charge is 0.296 e. The molecular formula is C16H13N3O5S3. The van der Waals surface area contributed by atoms with Gasteiger partial charge in [-0.15, -0.1) is 0 Å². The summed E-state index contributed by atoms with van der Waals surface area (Å²) in [6.07, 6.45) is 0. The highest BCUT2D eigenvalue weighted by molar-refractivity contribution is 8.25. The Bertz CT molecular complexity index is 1020. The SMILES string of the molecule is COc1ccc(N2C(=O)C(N=Nc3ccccc3S(=O)(=O)O)SC2=S)cc1. The molecular weight excluding hydrogens is 410 g/mol. The summed E-state index contributed by atoms with van der Waals surface area (Å²) in [6, 6.07) is 12.3. The summed E-state index contributed by atoms with van der Waals surface area (Å²) in [5, 5.41) is 6.80. The van der Waals surface area contributed by atoms with E-state index in [1.54, 1.807) is 30.3 Å². The van der Waals surface area contributed by atoms with E-state index in [2.05, 4.69) is 10.2 Å².